The Hall–Kier alpha value is -2.58. The first-order chi connectivity index (χ1) is 20.8. The molecule has 0 aliphatic carbocycles. The zero-order valence-electron chi connectivity index (χ0n) is 22.8. The van der Waals surface area contributed by atoms with Crippen molar-refractivity contribution < 1.29 is 37.1 Å². The maximum absolute atomic E-state index is 13.5. The largest absolute Gasteiger partial charge is 0.386 e. The third-order valence-corrected chi connectivity index (χ3v) is 9.64. The van der Waals surface area contributed by atoms with Crippen LogP contribution < -0.4 is 17.2 Å². The van der Waals surface area contributed by atoms with Gasteiger partial charge in [-0.3, -0.25) is 18.1 Å². The normalized spacial score (nSPS) is 28.5. The number of nitrogen functional groups attached to an aromatic ring is 2. The molecule has 6 heterocycles. The summed E-state index contributed by atoms with van der Waals surface area (Å²) < 4.78 is 56.4. The van der Waals surface area contributed by atoms with E-state index in [1.54, 1.807) is 10.9 Å². The summed E-state index contributed by atoms with van der Waals surface area (Å²) in [5, 5.41) is 0. The average molecular weight is 691 g/mol. The predicted molar refractivity (Wildman–Crippen MR) is 161 cm³/mol. The van der Waals surface area contributed by atoms with E-state index in [0.29, 0.717) is 17.6 Å². The molecule has 0 spiro atoms. The SMILES string of the molecule is CC1C[C@@H](CO[P@](=O)(S)O[C@@H]2C[C@@H](CO[P@@](=O)(O)S)O[C@H]2n2c(=O)[nH]c3c(N)ncnc32)O[C@H]1n1cnc2c(N)ncnc21. The van der Waals surface area contributed by atoms with E-state index in [2.05, 4.69) is 54.4 Å². The lowest BCUT2D eigenvalue weighted by atomic mass is 10.1. The van der Waals surface area contributed by atoms with E-state index >= 15 is 0 Å². The average Bonchev–Trinajstić information content (AvgIpc) is 3.71. The minimum Gasteiger partial charge on any atom is -0.382 e. The molecule has 4 aromatic heterocycles. The Balaban J connectivity index is 1.17. The van der Waals surface area contributed by atoms with Crippen LogP contribution in [0.25, 0.3) is 22.3 Å². The fraction of sp³-hybridized carbons (Fsp3) is 0.524. The highest BCUT2D eigenvalue weighted by molar-refractivity contribution is 8.44. The van der Waals surface area contributed by atoms with Gasteiger partial charge in [0.05, 0.1) is 31.7 Å². The molecule has 6 rings (SSSR count). The molecule has 0 saturated carbocycles. The zero-order valence-corrected chi connectivity index (χ0v) is 26.4. The highest BCUT2D eigenvalue weighted by atomic mass is 32.7. The second kappa shape index (κ2) is 12.0. The fourth-order valence-corrected chi connectivity index (χ4v) is 7.39. The van der Waals surface area contributed by atoms with Gasteiger partial charge in [0.2, 0.25) is 0 Å². The van der Waals surface area contributed by atoms with Crippen LogP contribution in [-0.4, -0.2) is 75.5 Å². The van der Waals surface area contributed by atoms with Crippen molar-refractivity contribution in [3.63, 3.8) is 0 Å². The molecule has 0 aromatic carbocycles. The predicted octanol–water partition coefficient (Wildman–Crippen LogP) is 1.82. The van der Waals surface area contributed by atoms with E-state index in [1.807, 2.05) is 6.92 Å². The van der Waals surface area contributed by atoms with E-state index in [0.717, 1.165) is 10.9 Å². The number of fused-ring (bicyclic) bond motifs is 2. The van der Waals surface area contributed by atoms with Crippen molar-refractivity contribution >= 4 is 72.1 Å². The molecule has 2 aliphatic heterocycles. The Labute approximate surface area is 258 Å². The number of thiol groups is 2. The Morgan fingerprint density at radius 3 is 2.41 bits per heavy atom. The summed E-state index contributed by atoms with van der Waals surface area (Å²) in [7, 11) is 0. The Bertz CT molecular complexity index is 1850. The number of anilines is 2. The standard InChI is InChI=1S/C21H28N10O9P2S2/c1-9-2-10(38-19(9)30-8-28-13-15(22)24-6-26-17(13)30)5-37-42(35,44)40-12-3-11(4-36-41(33,34)43)39-20(12)31-18-14(29-21(31)32)16(23)25-7-27-18/h6-12,19-20H,2-5H2,1H3,(H,29,32)(H,35,44)(H2,22,24,26)(H2,23,25,27)(H2,33,34,43)/t9?,10-,11-,12+,19+,20+,42-/m0/s1. The van der Waals surface area contributed by atoms with E-state index in [4.69, 9.17) is 34.5 Å². The first-order valence-electron chi connectivity index (χ1n) is 13.1. The van der Waals surface area contributed by atoms with Gasteiger partial charge < -0.3 is 30.8 Å². The number of hydrogen-bond acceptors (Lipinski definition) is 15. The van der Waals surface area contributed by atoms with Crippen LogP contribution in [0.2, 0.25) is 0 Å². The maximum atomic E-state index is 13.5. The lowest BCUT2D eigenvalue weighted by Gasteiger charge is -2.23. The molecular formula is C21H28N10O9P2S2. The molecule has 0 radical (unpaired) electrons. The molecule has 44 heavy (non-hydrogen) atoms. The van der Waals surface area contributed by atoms with Crippen molar-refractivity contribution in [2.75, 3.05) is 24.7 Å². The maximum Gasteiger partial charge on any atom is 0.386 e. The quantitative estimate of drug-likeness (QED) is 0.102. The summed E-state index contributed by atoms with van der Waals surface area (Å²) in [6.07, 6.45) is 0.459. The summed E-state index contributed by atoms with van der Waals surface area (Å²) in [6.45, 7) is -6.79. The van der Waals surface area contributed by atoms with Gasteiger partial charge in [-0.2, -0.15) is 0 Å². The monoisotopic (exact) mass is 690 g/mol. The van der Waals surface area contributed by atoms with Gasteiger partial charge in [-0.1, -0.05) is 31.4 Å². The number of ether oxygens (including phenoxy) is 2. The first-order valence-corrected chi connectivity index (χ1v) is 18.5. The van der Waals surface area contributed by atoms with Crippen LogP contribution >= 0.6 is 38.1 Å². The van der Waals surface area contributed by atoms with Gasteiger partial charge in [0.1, 0.15) is 36.0 Å². The highest BCUT2D eigenvalue weighted by Crippen LogP contribution is 2.57. The number of imidazole rings is 2. The highest BCUT2D eigenvalue weighted by Gasteiger charge is 2.44. The zero-order chi connectivity index (χ0) is 31.4. The van der Waals surface area contributed by atoms with Crippen LogP contribution in [-0.2, 0) is 32.2 Å². The van der Waals surface area contributed by atoms with Gasteiger partial charge in [-0.05, 0) is 6.42 Å². The number of H-pyrrole nitrogens is 1. The van der Waals surface area contributed by atoms with Crippen molar-refractivity contribution in [2.24, 2.45) is 5.92 Å². The molecule has 0 bridgehead atoms. The number of nitrogens with two attached hydrogens (primary N) is 2. The molecule has 6 N–H and O–H groups in total. The van der Waals surface area contributed by atoms with E-state index in [-0.39, 0.29) is 48.4 Å². The van der Waals surface area contributed by atoms with Crippen molar-refractivity contribution in [1.82, 2.24) is 39.0 Å². The molecule has 0 amide bonds. The van der Waals surface area contributed by atoms with Gasteiger partial charge in [0.15, 0.2) is 29.2 Å². The molecule has 1 unspecified atom stereocenters. The number of aromatic amines is 1. The number of nitrogens with one attached hydrogen (secondary N) is 1. The smallest absolute Gasteiger partial charge is 0.382 e. The van der Waals surface area contributed by atoms with Crippen LogP contribution in [0.1, 0.15) is 32.2 Å². The van der Waals surface area contributed by atoms with Gasteiger partial charge >= 0.3 is 19.3 Å². The van der Waals surface area contributed by atoms with Crippen LogP contribution in [0.4, 0.5) is 11.6 Å². The second-order valence-electron chi connectivity index (χ2n) is 10.3. The Kier molecular flexibility index (Phi) is 8.55. The summed E-state index contributed by atoms with van der Waals surface area (Å²) in [5.74, 6) is 0.268. The van der Waals surface area contributed by atoms with Gasteiger partial charge in [0.25, 0.3) is 0 Å². The molecule has 2 saturated heterocycles. The van der Waals surface area contributed by atoms with Crippen LogP contribution in [0.15, 0.2) is 23.8 Å². The summed E-state index contributed by atoms with van der Waals surface area (Å²) in [4.78, 5) is 45.4. The van der Waals surface area contributed by atoms with E-state index in [1.165, 1.54) is 6.33 Å². The van der Waals surface area contributed by atoms with E-state index < -0.39 is 50.1 Å². The van der Waals surface area contributed by atoms with Crippen molar-refractivity contribution in [3.8, 4) is 0 Å². The minimum absolute atomic E-state index is 0.00304. The lowest BCUT2D eigenvalue weighted by molar-refractivity contribution is -0.0474. The molecule has 2 aliphatic rings. The third-order valence-electron chi connectivity index (χ3n) is 7.17. The Morgan fingerprint density at radius 1 is 1.00 bits per heavy atom. The summed E-state index contributed by atoms with van der Waals surface area (Å²) in [6, 6.07) is 0. The summed E-state index contributed by atoms with van der Waals surface area (Å²) >= 11 is 7.67. The lowest BCUT2D eigenvalue weighted by Crippen LogP contribution is -2.30. The van der Waals surface area contributed by atoms with Crippen LogP contribution in [0.3, 0.4) is 0 Å². The minimum atomic E-state index is -4.15. The van der Waals surface area contributed by atoms with Gasteiger partial charge in [-0.15, -0.1) is 0 Å². The molecule has 8 atom stereocenters. The number of nitrogens with zero attached hydrogens (tertiary/aromatic N) is 7. The fourth-order valence-electron chi connectivity index (χ4n) is 5.32. The van der Waals surface area contributed by atoms with Crippen LogP contribution in [0, 0.1) is 5.92 Å². The number of rotatable bonds is 10. The van der Waals surface area contributed by atoms with E-state index in [9.17, 15) is 18.8 Å². The molecule has 2 fully saturated rings. The first kappa shape index (κ1) is 31.4. The molecule has 4 aromatic rings. The van der Waals surface area contributed by atoms with Gasteiger partial charge in [0, 0.05) is 12.3 Å². The molecule has 19 nitrogen and oxygen atoms in total. The molecular weight excluding hydrogens is 662 g/mol. The van der Waals surface area contributed by atoms with Crippen molar-refractivity contribution in [3.05, 3.63) is 29.5 Å². The Morgan fingerprint density at radius 2 is 1.66 bits per heavy atom. The third kappa shape index (κ3) is 6.39. The van der Waals surface area contributed by atoms with Crippen molar-refractivity contribution in [2.45, 2.75) is 50.5 Å². The molecule has 238 valence electrons. The van der Waals surface area contributed by atoms with Gasteiger partial charge in [-0.25, -0.2) is 43.4 Å². The van der Waals surface area contributed by atoms with Crippen LogP contribution in [0.5, 0.6) is 0 Å². The second-order valence-corrected chi connectivity index (χ2v) is 15.9. The van der Waals surface area contributed by atoms with Crippen molar-refractivity contribution in [1.29, 1.82) is 0 Å². The number of hydrogen-bond donors (Lipinski definition) is 6. The topological polar surface area (TPSA) is 260 Å². The molecule has 23 heteroatoms. The number of aromatic nitrogens is 8. The summed E-state index contributed by atoms with van der Waals surface area (Å²) in [5.41, 5.74) is 12.3.